The molecule has 2 aromatic heterocycles. The van der Waals surface area contributed by atoms with Gasteiger partial charge in [0.25, 0.3) is 0 Å². The first-order valence-corrected chi connectivity index (χ1v) is 20.3. The largest absolute Gasteiger partial charge is 0.307 e. The fourth-order valence-electron chi connectivity index (χ4n) is 10.2. The van der Waals surface area contributed by atoms with Crippen molar-refractivity contribution in [2.75, 3.05) is 0 Å². The molecule has 0 N–H and O–H groups in total. The molecule has 2 heterocycles. The van der Waals surface area contributed by atoms with Crippen molar-refractivity contribution in [2.45, 2.75) is 111 Å². The Morgan fingerprint density at radius 2 is 0.672 bits per heavy atom. The second-order valence-electron chi connectivity index (χ2n) is 17.2. The average Bonchev–Trinajstić information content (AvgIpc) is 3.75. The van der Waals surface area contributed by atoms with E-state index in [-0.39, 0.29) is 16.7 Å². The third-order valence-corrected chi connectivity index (χ3v) is 15.0. The number of benzene rings is 6. The van der Waals surface area contributed by atoms with Crippen LogP contribution in [0, 0.1) is 134 Å². The van der Waals surface area contributed by atoms with Crippen LogP contribution < -0.4 is 0 Å². The van der Waals surface area contributed by atoms with Crippen LogP contribution in [0.1, 0.15) is 94.6 Å². The maximum atomic E-state index is 16.0. The summed E-state index contributed by atoms with van der Waals surface area (Å²) in [6, 6.07) is 10.1. The molecule has 0 bridgehead atoms. The average molecular weight is 770 g/mol. The van der Waals surface area contributed by atoms with Gasteiger partial charge in [-0.05, 0) is 224 Å². The van der Waals surface area contributed by atoms with Gasteiger partial charge in [-0.1, -0.05) is 6.07 Å². The van der Waals surface area contributed by atoms with Gasteiger partial charge in [-0.3, -0.25) is 0 Å². The number of nitriles is 1. The third-order valence-electron chi connectivity index (χ3n) is 15.0. The van der Waals surface area contributed by atoms with Crippen molar-refractivity contribution >= 4 is 43.6 Å². The first-order valence-electron chi connectivity index (χ1n) is 20.3. The fraction of sp³-hybridized carbons (Fsp3) is 0.302. The summed E-state index contributed by atoms with van der Waals surface area (Å²) in [5.41, 5.74) is 25.5. The Morgan fingerprint density at radius 3 is 0.966 bits per heavy atom. The van der Waals surface area contributed by atoms with E-state index in [4.69, 9.17) is 0 Å². The third kappa shape index (κ3) is 4.87. The topological polar surface area (TPSA) is 33.6 Å². The van der Waals surface area contributed by atoms with E-state index in [0.29, 0.717) is 0 Å². The number of aromatic nitrogens is 2. The maximum absolute atomic E-state index is 16.0. The lowest BCUT2D eigenvalue weighted by molar-refractivity contribution is 0.589. The molecule has 294 valence electrons. The molecule has 8 rings (SSSR count). The van der Waals surface area contributed by atoms with Crippen LogP contribution in [0.3, 0.4) is 0 Å². The minimum absolute atomic E-state index is 0.202. The molecule has 0 saturated carbocycles. The van der Waals surface area contributed by atoms with Gasteiger partial charge in [0.2, 0.25) is 0 Å². The number of hydrogen-bond acceptors (Lipinski definition) is 1. The van der Waals surface area contributed by atoms with Crippen molar-refractivity contribution in [2.24, 2.45) is 0 Å². The van der Waals surface area contributed by atoms with Gasteiger partial charge in [0.15, 0.2) is 0 Å². The van der Waals surface area contributed by atoms with Crippen molar-refractivity contribution in [1.82, 2.24) is 9.13 Å². The molecule has 0 aliphatic heterocycles. The van der Waals surface area contributed by atoms with Crippen molar-refractivity contribution < 1.29 is 8.78 Å². The van der Waals surface area contributed by atoms with Crippen LogP contribution in [0.2, 0.25) is 0 Å². The predicted octanol–water partition coefficient (Wildman–Crippen LogP) is 14.6. The van der Waals surface area contributed by atoms with Gasteiger partial charge in [0, 0.05) is 27.1 Å². The van der Waals surface area contributed by atoms with Gasteiger partial charge < -0.3 is 9.13 Å². The summed E-state index contributed by atoms with van der Waals surface area (Å²) in [5.74, 6) is -1.41. The minimum Gasteiger partial charge on any atom is -0.307 e. The van der Waals surface area contributed by atoms with E-state index in [9.17, 15) is 5.26 Å². The van der Waals surface area contributed by atoms with E-state index in [1.165, 1.54) is 107 Å². The number of hydrogen-bond donors (Lipinski definition) is 0. The Kier molecular flexibility index (Phi) is 8.87. The lowest BCUT2D eigenvalue weighted by atomic mass is 9.90. The molecular formula is C53H53F2N3. The summed E-state index contributed by atoms with van der Waals surface area (Å²) in [4.78, 5) is 0. The fourth-order valence-corrected chi connectivity index (χ4v) is 10.2. The molecule has 0 atom stereocenters. The second kappa shape index (κ2) is 13.1. The summed E-state index contributed by atoms with van der Waals surface area (Å²) in [5, 5.41) is 15.8. The highest BCUT2D eigenvalue weighted by Gasteiger charge is 2.30. The molecule has 3 nitrogen and oxygen atoms in total. The molecule has 58 heavy (non-hydrogen) atoms. The molecule has 0 aliphatic carbocycles. The first kappa shape index (κ1) is 39.1. The first-order chi connectivity index (χ1) is 27.3. The molecular weight excluding hydrogens is 717 g/mol. The second-order valence-corrected chi connectivity index (χ2v) is 17.2. The Hall–Kier alpha value is -5.73. The zero-order chi connectivity index (χ0) is 42.3. The van der Waals surface area contributed by atoms with Gasteiger partial charge in [-0.2, -0.15) is 5.26 Å². The molecule has 0 fully saturated rings. The van der Waals surface area contributed by atoms with Crippen LogP contribution in [0.25, 0.3) is 66.1 Å². The molecule has 0 spiro atoms. The van der Waals surface area contributed by atoms with Crippen molar-refractivity contribution in [3.05, 3.63) is 137 Å². The normalized spacial score (nSPS) is 11.9. The SMILES string of the molecule is Cc1c(C)c(C)c2c(c1C)c1c(C)c(C)c(C)c(C)c1n2-c1cc(C#N)c(-c2c(F)cccc2F)cc1-n1c2c(C)c(C)c(C)c(C)c2c2c(C)c(C)c(C)c(C)c21. The van der Waals surface area contributed by atoms with Gasteiger partial charge in [0.05, 0.1) is 50.6 Å². The van der Waals surface area contributed by atoms with Crippen molar-refractivity contribution in [3.63, 3.8) is 0 Å². The standard InChI is InChI=1S/C53H53F2N3/c1-23-27(5)35(13)50-45(31(23)9)46-32(10)24(2)28(6)36(14)51(46)57(50)43-20-39(22-56)40(49-41(54)18-17-19-42(49)55)21-44(43)58-52-37(15)29(7)25(3)33(11)47(52)48-34(12)26(4)30(8)38(16)53(48)58/h17-21H,1-16H3. The lowest BCUT2D eigenvalue weighted by Gasteiger charge is -2.23. The van der Waals surface area contributed by atoms with Gasteiger partial charge in [-0.25, -0.2) is 8.78 Å². The Balaban J connectivity index is 1.78. The Morgan fingerprint density at radius 1 is 0.397 bits per heavy atom. The summed E-state index contributed by atoms with van der Waals surface area (Å²) in [6.45, 7) is 35.3. The number of aryl methyl sites for hydroxylation is 8. The minimum atomic E-state index is -0.707. The molecule has 0 aliphatic rings. The van der Waals surface area contributed by atoms with E-state index >= 15 is 8.78 Å². The Labute approximate surface area is 341 Å². The van der Waals surface area contributed by atoms with Gasteiger partial charge >= 0.3 is 0 Å². The zero-order valence-corrected chi connectivity index (χ0v) is 37.0. The number of rotatable bonds is 3. The van der Waals surface area contributed by atoms with Gasteiger partial charge in [0.1, 0.15) is 11.6 Å². The van der Waals surface area contributed by atoms with E-state index in [0.717, 1.165) is 55.7 Å². The monoisotopic (exact) mass is 769 g/mol. The molecule has 6 aromatic carbocycles. The number of halogens is 2. The molecule has 0 radical (unpaired) electrons. The highest BCUT2D eigenvalue weighted by Crippen LogP contribution is 2.49. The molecule has 5 heteroatoms. The molecule has 8 aromatic rings. The van der Waals surface area contributed by atoms with Crippen LogP contribution in [-0.2, 0) is 0 Å². The van der Waals surface area contributed by atoms with Crippen molar-refractivity contribution in [3.8, 4) is 28.6 Å². The summed E-state index contributed by atoms with van der Waals surface area (Å²) >= 11 is 0. The highest BCUT2D eigenvalue weighted by atomic mass is 19.1. The molecule has 0 unspecified atom stereocenters. The van der Waals surface area contributed by atoms with E-state index in [1.807, 2.05) is 12.1 Å². The van der Waals surface area contributed by atoms with Crippen molar-refractivity contribution in [1.29, 1.82) is 5.26 Å². The quantitative estimate of drug-likeness (QED) is 0.176. The summed E-state index contributed by atoms with van der Waals surface area (Å²) in [7, 11) is 0. The van der Waals surface area contributed by atoms with E-state index in [1.54, 1.807) is 0 Å². The van der Waals surface area contributed by atoms with Crippen LogP contribution in [0.15, 0.2) is 30.3 Å². The smallest absolute Gasteiger partial charge is 0.134 e. The lowest BCUT2D eigenvalue weighted by Crippen LogP contribution is -2.09. The number of fused-ring (bicyclic) bond motifs is 6. The predicted molar refractivity (Wildman–Crippen MR) is 241 cm³/mol. The summed E-state index contributed by atoms with van der Waals surface area (Å²) < 4.78 is 36.9. The molecule has 0 saturated heterocycles. The summed E-state index contributed by atoms with van der Waals surface area (Å²) in [6.07, 6.45) is 0. The highest BCUT2D eigenvalue weighted by molar-refractivity contribution is 6.18. The Bertz CT molecular complexity index is 3070. The van der Waals surface area contributed by atoms with Crippen LogP contribution in [0.5, 0.6) is 0 Å². The van der Waals surface area contributed by atoms with E-state index in [2.05, 4.69) is 126 Å². The van der Waals surface area contributed by atoms with Crippen LogP contribution in [-0.4, -0.2) is 9.13 Å². The molecule has 0 amide bonds. The zero-order valence-electron chi connectivity index (χ0n) is 37.0. The van der Waals surface area contributed by atoms with E-state index < -0.39 is 11.6 Å². The van der Waals surface area contributed by atoms with Crippen LogP contribution >= 0.6 is 0 Å². The van der Waals surface area contributed by atoms with Crippen LogP contribution in [0.4, 0.5) is 8.78 Å². The maximum Gasteiger partial charge on any atom is 0.134 e. The van der Waals surface area contributed by atoms with Gasteiger partial charge in [-0.15, -0.1) is 0 Å². The number of nitrogens with zero attached hydrogens (tertiary/aromatic N) is 3.